The number of rotatable bonds is 5. The van der Waals surface area contributed by atoms with Crippen LogP contribution >= 0.6 is 34.8 Å². The van der Waals surface area contributed by atoms with Gasteiger partial charge in [0.2, 0.25) is 0 Å². The van der Waals surface area contributed by atoms with Crippen molar-refractivity contribution < 1.29 is 27.6 Å². The van der Waals surface area contributed by atoms with Crippen LogP contribution in [-0.4, -0.2) is 17.7 Å². The van der Waals surface area contributed by atoms with Gasteiger partial charge in [-0.1, -0.05) is 40.9 Å². The Kier molecular flexibility index (Phi) is 7.23. The van der Waals surface area contributed by atoms with E-state index in [0.717, 1.165) is 23.1 Å². The van der Waals surface area contributed by atoms with E-state index >= 15 is 0 Å². The van der Waals surface area contributed by atoms with Gasteiger partial charge in [0.25, 0.3) is 17.7 Å². The van der Waals surface area contributed by atoms with Crippen molar-refractivity contribution in [1.82, 2.24) is 0 Å². The quantitative estimate of drug-likeness (QED) is 0.325. The van der Waals surface area contributed by atoms with E-state index in [2.05, 4.69) is 10.6 Å². The standard InChI is InChI=1S/C25H15Cl3F3N3O3/c1-12-2-3-13(22(35)33-19-11-14(25(29,30)31)4-9-17(19)27)10-18(12)32-21-20(28)23(36)34(24(21)37)16-7-5-15(26)6-8-16/h2-11,32H,1H3,(H,33,35). The van der Waals surface area contributed by atoms with Gasteiger partial charge in [0.05, 0.1) is 22.0 Å². The van der Waals surface area contributed by atoms with Gasteiger partial charge >= 0.3 is 6.18 Å². The molecule has 0 radical (unpaired) electrons. The first-order chi connectivity index (χ1) is 17.4. The SMILES string of the molecule is Cc1ccc(C(=O)Nc2cc(C(F)(F)F)ccc2Cl)cc1NC1=C(Cl)C(=O)N(c2ccc(Cl)cc2)C1=O. The number of amides is 3. The molecule has 2 N–H and O–H groups in total. The number of aryl methyl sites for hydroxylation is 1. The second-order valence-corrected chi connectivity index (χ2v) is 9.13. The molecule has 0 saturated heterocycles. The highest BCUT2D eigenvalue weighted by molar-refractivity contribution is 6.53. The van der Waals surface area contributed by atoms with Crippen molar-refractivity contribution in [2.45, 2.75) is 13.1 Å². The van der Waals surface area contributed by atoms with Crippen LogP contribution in [0.2, 0.25) is 10.0 Å². The van der Waals surface area contributed by atoms with Gasteiger partial charge < -0.3 is 10.6 Å². The maximum absolute atomic E-state index is 13.1. The Morgan fingerprint density at radius 1 is 0.865 bits per heavy atom. The highest BCUT2D eigenvalue weighted by Gasteiger charge is 2.39. The molecule has 190 valence electrons. The number of benzene rings is 3. The lowest BCUT2D eigenvalue weighted by Gasteiger charge is -2.16. The summed E-state index contributed by atoms with van der Waals surface area (Å²) in [5, 5.41) is 5.14. The predicted octanol–water partition coefficient (Wildman–Crippen LogP) is 7.01. The van der Waals surface area contributed by atoms with Crippen LogP contribution in [0, 0.1) is 6.92 Å². The van der Waals surface area contributed by atoms with Crippen molar-refractivity contribution in [2.75, 3.05) is 15.5 Å². The van der Waals surface area contributed by atoms with Crippen LogP contribution in [0.25, 0.3) is 0 Å². The predicted molar refractivity (Wildman–Crippen MR) is 136 cm³/mol. The van der Waals surface area contributed by atoms with Gasteiger partial charge in [-0.25, -0.2) is 4.90 Å². The zero-order valence-electron chi connectivity index (χ0n) is 18.7. The van der Waals surface area contributed by atoms with Crippen molar-refractivity contribution in [2.24, 2.45) is 0 Å². The minimum atomic E-state index is -4.62. The lowest BCUT2D eigenvalue weighted by atomic mass is 10.1. The summed E-state index contributed by atoms with van der Waals surface area (Å²) in [4.78, 5) is 39.4. The molecule has 0 aromatic heterocycles. The largest absolute Gasteiger partial charge is 0.416 e. The number of nitrogens with one attached hydrogen (secondary N) is 2. The summed E-state index contributed by atoms with van der Waals surface area (Å²) < 4.78 is 39.2. The van der Waals surface area contributed by atoms with Gasteiger partial charge in [0.1, 0.15) is 10.7 Å². The van der Waals surface area contributed by atoms with Crippen molar-refractivity contribution in [3.05, 3.63) is 98.1 Å². The van der Waals surface area contributed by atoms with E-state index in [1.54, 1.807) is 13.0 Å². The molecule has 3 aromatic rings. The number of imide groups is 1. The molecule has 1 aliphatic rings. The molecule has 0 unspecified atom stereocenters. The molecule has 0 bridgehead atoms. The highest BCUT2D eigenvalue weighted by atomic mass is 35.5. The van der Waals surface area contributed by atoms with Gasteiger partial charge in [-0.05, 0) is 67.1 Å². The summed E-state index contributed by atoms with van der Waals surface area (Å²) in [5.41, 5.74) is -0.233. The smallest absolute Gasteiger partial charge is 0.349 e. The number of hydrogen-bond acceptors (Lipinski definition) is 4. The highest BCUT2D eigenvalue weighted by Crippen LogP contribution is 2.35. The molecule has 3 amide bonds. The maximum Gasteiger partial charge on any atom is 0.416 e. The fourth-order valence-electron chi connectivity index (χ4n) is 3.46. The number of carbonyl (C=O) groups excluding carboxylic acids is 3. The van der Waals surface area contributed by atoms with E-state index in [4.69, 9.17) is 34.8 Å². The maximum atomic E-state index is 13.1. The number of halogens is 6. The third kappa shape index (κ3) is 5.44. The van der Waals surface area contributed by atoms with Crippen molar-refractivity contribution >= 4 is 69.6 Å². The molecule has 3 aromatic carbocycles. The molecule has 12 heteroatoms. The second-order valence-electron chi connectivity index (χ2n) is 7.91. The van der Waals surface area contributed by atoms with E-state index in [1.165, 1.54) is 36.4 Å². The molecule has 0 fully saturated rings. The zero-order chi connectivity index (χ0) is 27.1. The monoisotopic (exact) mass is 567 g/mol. The number of carbonyl (C=O) groups is 3. The van der Waals surface area contributed by atoms with Gasteiger partial charge in [0.15, 0.2) is 0 Å². The molecule has 0 saturated carbocycles. The number of hydrogen-bond donors (Lipinski definition) is 2. The summed E-state index contributed by atoms with van der Waals surface area (Å²) in [6, 6.07) is 12.9. The van der Waals surface area contributed by atoms with Crippen molar-refractivity contribution in [3.8, 4) is 0 Å². The minimum Gasteiger partial charge on any atom is -0.349 e. The molecule has 0 aliphatic carbocycles. The molecule has 1 aliphatic heterocycles. The van der Waals surface area contributed by atoms with Crippen LogP contribution < -0.4 is 15.5 Å². The van der Waals surface area contributed by atoms with Crippen LogP contribution in [0.1, 0.15) is 21.5 Å². The number of nitrogens with zero attached hydrogens (tertiary/aromatic N) is 1. The van der Waals surface area contributed by atoms with E-state index < -0.39 is 29.5 Å². The molecule has 1 heterocycles. The summed E-state index contributed by atoms with van der Waals surface area (Å²) in [7, 11) is 0. The van der Waals surface area contributed by atoms with Crippen LogP contribution in [0.5, 0.6) is 0 Å². The Bertz CT molecular complexity index is 1470. The zero-order valence-corrected chi connectivity index (χ0v) is 21.0. The lowest BCUT2D eigenvalue weighted by molar-refractivity contribution is -0.137. The first kappa shape index (κ1) is 26.5. The lowest BCUT2D eigenvalue weighted by Crippen LogP contribution is -2.32. The summed E-state index contributed by atoms with van der Waals surface area (Å²) >= 11 is 18.0. The van der Waals surface area contributed by atoms with E-state index in [9.17, 15) is 27.6 Å². The molecular weight excluding hydrogens is 554 g/mol. The Morgan fingerprint density at radius 3 is 2.19 bits per heavy atom. The first-order valence-corrected chi connectivity index (χ1v) is 11.6. The Hall–Kier alpha value is -3.53. The van der Waals surface area contributed by atoms with Gasteiger partial charge in [-0.3, -0.25) is 14.4 Å². The van der Waals surface area contributed by atoms with Crippen molar-refractivity contribution in [1.29, 1.82) is 0 Å². The fraction of sp³-hybridized carbons (Fsp3) is 0.0800. The topological polar surface area (TPSA) is 78.5 Å². The minimum absolute atomic E-state index is 0.0460. The second kappa shape index (κ2) is 10.1. The normalized spacial score (nSPS) is 13.9. The summed E-state index contributed by atoms with van der Waals surface area (Å²) in [6.45, 7) is 1.68. The van der Waals surface area contributed by atoms with Gasteiger partial charge in [-0.2, -0.15) is 13.2 Å². The molecule has 0 atom stereocenters. The van der Waals surface area contributed by atoms with Crippen LogP contribution in [0.4, 0.5) is 30.2 Å². The summed E-state index contributed by atoms with van der Waals surface area (Å²) in [6.07, 6.45) is -4.62. The van der Waals surface area contributed by atoms with Crippen molar-refractivity contribution in [3.63, 3.8) is 0 Å². The average molecular weight is 569 g/mol. The van der Waals surface area contributed by atoms with Crippen LogP contribution in [0.15, 0.2) is 71.4 Å². The Morgan fingerprint density at radius 2 is 1.54 bits per heavy atom. The first-order valence-electron chi connectivity index (χ1n) is 10.5. The van der Waals surface area contributed by atoms with Gasteiger partial charge in [0, 0.05) is 16.3 Å². The van der Waals surface area contributed by atoms with Crippen LogP contribution in [-0.2, 0) is 15.8 Å². The average Bonchev–Trinajstić information content (AvgIpc) is 3.04. The molecule has 0 spiro atoms. The molecular formula is C25H15Cl3F3N3O3. The van der Waals surface area contributed by atoms with E-state index in [0.29, 0.717) is 10.6 Å². The Balaban J connectivity index is 1.59. The molecule has 6 nitrogen and oxygen atoms in total. The Labute approximate surface area is 223 Å². The summed E-state index contributed by atoms with van der Waals surface area (Å²) in [5.74, 6) is -2.22. The third-order valence-corrected chi connectivity index (χ3v) is 6.35. The molecule has 37 heavy (non-hydrogen) atoms. The fourth-order valence-corrected chi connectivity index (χ4v) is 3.96. The van der Waals surface area contributed by atoms with E-state index in [-0.39, 0.29) is 38.4 Å². The van der Waals surface area contributed by atoms with Crippen LogP contribution in [0.3, 0.4) is 0 Å². The molecule has 4 rings (SSSR count). The third-order valence-electron chi connectivity index (χ3n) is 5.41. The van der Waals surface area contributed by atoms with E-state index in [1.807, 2.05) is 0 Å². The number of anilines is 3. The number of alkyl halides is 3. The van der Waals surface area contributed by atoms with Gasteiger partial charge in [-0.15, -0.1) is 0 Å².